The van der Waals surface area contributed by atoms with Crippen LogP contribution in [0.2, 0.25) is 5.02 Å². The lowest BCUT2D eigenvalue weighted by Crippen LogP contribution is -2.26. The molecular formula is C18H20ClNO2. The van der Waals surface area contributed by atoms with Crippen LogP contribution in [0.15, 0.2) is 36.4 Å². The lowest BCUT2D eigenvalue weighted by atomic mass is 10.0. The number of amides is 1. The van der Waals surface area contributed by atoms with E-state index in [1.54, 1.807) is 25.3 Å². The van der Waals surface area contributed by atoms with E-state index < -0.39 is 0 Å². The third-order valence-corrected chi connectivity index (χ3v) is 4.09. The molecule has 1 amide bonds. The van der Waals surface area contributed by atoms with Crippen molar-refractivity contribution in [1.82, 2.24) is 5.32 Å². The van der Waals surface area contributed by atoms with Gasteiger partial charge < -0.3 is 10.1 Å². The number of aryl methyl sites for hydroxylation is 2. The van der Waals surface area contributed by atoms with Crippen LogP contribution in [0.5, 0.6) is 5.75 Å². The molecule has 0 fully saturated rings. The van der Waals surface area contributed by atoms with Gasteiger partial charge in [-0.25, -0.2) is 0 Å². The average molecular weight is 318 g/mol. The summed E-state index contributed by atoms with van der Waals surface area (Å²) >= 11 is 6.06. The molecule has 0 aliphatic rings. The molecule has 0 aliphatic heterocycles. The number of methoxy groups -OCH3 is 1. The van der Waals surface area contributed by atoms with E-state index in [4.69, 9.17) is 16.3 Å². The molecule has 116 valence electrons. The quantitative estimate of drug-likeness (QED) is 0.904. The predicted molar refractivity (Wildman–Crippen MR) is 89.8 cm³/mol. The van der Waals surface area contributed by atoms with Gasteiger partial charge in [0, 0.05) is 5.56 Å². The summed E-state index contributed by atoms with van der Waals surface area (Å²) < 4.78 is 5.09. The van der Waals surface area contributed by atoms with E-state index >= 15 is 0 Å². The molecular weight excluding hydrogens is 298 g/mol. The van der Waals surface area contributed by atoms with Gasteiger partial charge >= 0.3 is 0 Å². The third-order valence-electron chi connectivity index (χ3n) is 3.79. The van der Waals surface area contributed by atoms with Crippen LogP contribution < -0.4 is 10.1 Å². The molecule has 2 rings (SSSR count). The van der Waals surface area contributed by atoms with Crippen LogP contribution in [-0.4, -0.2) is 13.0 Å². The molecule has 0 saturated carbocycles. The maximum atomic E-state index is 12.3. The van der Waals surface area contributed by atoms with Crippen LogP contribution >= 0.6 is 11.6 Å². The predicted octanol–water partition coefficient (Wildman–Crippen LogP) is 4.46. The molecule has 0 bridgehead atoms. The maximum Gasteiger partial charge on any atom is 0.251 e. The van der Waals surface area contributed by atoms with E-state index in [9.17, 15) is 4.79 Å². The Morgan fingerprint density at radius 1 is 1.14 bits per heavy atom. The highest BCUT2D eigenvalue weighted by molar-refractivity contribution is 6.32. The van der Waals surface area contributed by atoms with Gasteiger partial charge in [0.1, 0.15) is 5.75 Å². The Bertz CT molecular complexity index is 697. The molecule has 22 heavy (non-hydrogen) atoms. The number of carbonyl (C=O) groups is 1. The second kappa shape index (κ2) is 6.84. The largest absolute Gasteiger partial charge is 0.495 e. The Kier molecular flexibility index (Phi) is 5.09. The van der Waals surface area contributed by atoms with Gasteiger partial charge in [0.2, 0.25) is 0 Å². The van der Waals surface area contributed by atoms with E-state index in [-0.39, 0.29) is 11.9 Å². The smallest absolute Gasteiger partial charge is 0.251 e. The molecule has 1 N–H and O–H groups in total. The van der Waals surface area contributed by atoms with Crippen molar-refractivity contribution in [3.63, 3.8) is 0 Å². The molecule has 0 aliphatic carbocycles. The molecule has 0 unspecified atom stereocenters. The highest BCUT2D eigenvalue weighted by atomic mass is 35.5. The van der Waals surface area contributed by atoms with E-state index in [0.717, 1.165) is 5.56 Å². The zero-order chi connectivity index (χ0) is 16.3. The van der Waals surface area contributed by atoms with Crippen LogP contribution in [0.1, 0.15) is 40.0 Å². The lowest BCUT2D eigenvalue weighted by molar-refractivity contribution is 0.0940. The number of halogens is 1. The number of rotatable bonds is 4. The molecule has 0 heterocycles. The Balaban J connectivity index is 2.13. The van der Waals surface area contributed by atoms with Crippen LogP contribution in [0.4, 0.5) is 0 Å². The Hall–Kier alpha value is -2.00. The van der Waals surface area contributed by atoms with Crippen LogP contribution in [-0.2, 0) is 0 Å². The van der Waals surface area contributed by atoms with Crippen molar-refractivity contribution in [3.8, 4) is 5.75 Å². The summed E-state index contributed by atoms with van der Waals surface area (Å²) in [5.74, 6) is 0.399. The SMILES string of the molecule is COc1ccc(C(=O)N[C@H](C)c2ccc(C)c(C)c2)cc1Cl. The van der Waals surface area contributed by atoms with E-state index in [0.29, 0.717) is 16.3 Å². The summed E-state index contributed by atoms with van der Waals surface area (Å²) in [5, 5.41) is 3.41. The second-order valence-electron chi connectivity index (χ2n) is 5.39. The topological polar surface area (TPSA) is 38.3 Å². The van der Waals surface area contributed by atoms with Gasteiger partial charge in [0.05, 0.1) is 18.2 Å². The number of hydrogen-bond acceptors (Lipinski definition) is 2. The minimum absolute atomic E-state index is 0.0762. The molecule has 2 aromatic rings. The summed E-state index contributed by atoms with van der Waals surface area (Å²) in [6.45, 7) is 6.10. The number of benzene rings is 2. The Morgan fingerprint density at radius 2 is 1.86 bits per heavy atom. The highest BCUT2D eigenvalue weighted by Gasteiger charge is 2.13. The Labute approximate surface area is 136 Å². The van der Waals surface area contributed by atoms with Crippen molar-refractivity contribution in [2.75, 3.05) is 7.11 Å². The van der Waals surface area contributed by atoms with Gasteiger partial charge in [0.25, 0.3) is 5.91 Å². The van der Waals surface area contributed by atoms with Crippen molar-refractivity contribution < 1.29 is 9.53 Å². The number of carbonyl (C=O) groups excluding carboxylic acids is 1. The molecule has 0 saturated heterocycles. The van der Waals surface area contributed by atoms with E-state index in [1.165, 1.54) is 11.1 Å². The monoisotopic (exact) mass is 317 g/mol. The van der Waals surface area contributed by atoms with Crippen molar-refractivity contribution in [1.29, 1.82) is 0 Å². The summed E-state index contributed by atoms with van der Waals surface area (Å²) in [4.78, 5) is 12.3. The number of ether oxygens (including phenoxy) is 1. The minimum atomic E-state index is -0.157. The summed E-state index contributed by atoms with van der Waals surface area (Å²) in [6.07, 6.45) is 0. The van der Waals surface area contributed by atoms with Crippen LogP contribution in [0.25, 0.3) is 0 Å². The van der Waals surface area contributed by atoms with Crippen LogP contribution in [0.3, 0.4) is 0 Å². The lowest BCUT2D eigenvalue weighted by Gasteiger charge is -2.16. The summed E-state index contributed by atoms with van der Waals surface area (Å²) in [5.41, 5.74) is 4.05. The van der Waals surface area contributed by atoms with E-state index in [1.807, 2.05) is 13.0 Å². The van der Waals surface area contributed by atoms with E-state index in [2.05, 4.69) is 31.3 Å². The first-order valence-electron chi connectivity index (χ1n) is 7.14. The molecule has 2 aromatic carbocycles. The first-order chi connectivity index (χ1) is 10.4. The average Bonchev–Trinajstić information content (AvgIpc) is 2.49. The van der Waals surface area contributed by atoms with Gasteiger partial charge in [-0.05, 0) is 55.7 Å². The van der Waals surface area contributed by atoms with Gasteiger partial charge in [-0.2, -0.15) is 0 Å². The van der Waals surface area contributed by atoms with Crippen molar-refractivity contribution >= 4 is 17.5 Å². The standard InChI is InChI=1S/C18H20ClNO2/c1-11-5-6-14(9-12(11)2)13(3)20-18(21)15-7-8-17(22-4)16(19)10-15/h5-10,13H,1-4H3,(H,20,21)/t13-/m1/s1. The fraction of sp³-hybridized carbons (Fsp3) is 0.278. The molecule has 0 aromatic heterocycles. The molecule has 0 radical (unpaired) electrons. The molecule has 4 heteroatoms. The summed E-state index contributed by atoms with van der Waals surface area (Å²) in [6, 6.07) is 11.1. The molecule has 1 atom stereocenters. The minimum Gasteiger partial charge on any atom is -0.495 e. The maximum absolute atomic E-state index is 12.3. The number of hydrogen-bond donors (Lipinski definition) is 1. The van der Waals surface area contributed by atoms with Crippen molar-refractivity contribution in [3.05, 3.63) is 63.7 Å². The number of nitrogens with one attached hydrogen (secondary N) is 1. The highest BCUT2D eigenvalue weighted by Crippen LogP contribution is 2.25. The Morgan fingerprint density at radius 3 is 2.45 bits per heavy atom. The van der Waals surface area contributed by atoms with Crippen molar-refractivity contribution in [2.45, 2.75) is 26.8 Å². The normalized spacial score (nSPS) is 11.9. The fourth-order valence-corrected chi connectivity index (χ4v) is 2.46. The second-order valence-corrected chi connectivity index (χ2v) is 5.80. The third kappa shape index (κ3) is 3.60. The first-order valence-corrected chi connectivity index (χ1v) is 7.51. The van der Waals surface area contributed by atoms with Crippen LogP contribution in [0, 0.1) is 13.8 Å². The summed E-state index contributed by atoms with van der Waals surface area (Å²) in [7, 11) is 1.54. The molecule has 3 nitrogen and oxygen atoms in total. The van der Waals surface area contributed by atoms with Gasteiger partial charge in [-0.1, -0.05) is 29.8 Å². The van der Waals surface area contributed by atoms with Crippen molar-refractivity contribution in [2.24, 2.45) is 0 Å². The fourth-order valence-electron chi connectivity index (χ4n) is 2.20. The molecule has 0 spiro atoms. The van der Waals surface area contributed by atoms with Gasteiger partial charge in [-0.15, -0.1) is 0 Å². The first kappa shape index (κ1) is 16.4. The van der Waals surface area contributed by atoms with Gasteiger partial charge in [-0.3, -0.25) is 4.79 Å². The zero-order valence-corrected chi connectivity index (χ0v) is 14.0. The zero-order valence-electron chi connectivity index (χ0n) is 13.2. The van der Waals surface area contributed by atoms with Gasteiger partial charge in [0.15, 0.2) is 0 Å².